The monoisotopic (exact) mass is 1230 g/mol. The first-order valence-corrected chi connectivity index (χ1v) is 30.1. The summed E-state index contributed by atoms with van der Waals surface area (Å²) in [5.41, 5.74) is 13.7. The maximum absolute atomic E-state index is 14.5. The number of imidazole rings is 3. The highest BCUT2D eigenvalue weighted by Crippen LogP contribution is 2.68. The van der Waals surface area contributed by atoms with Gasteiger partial charge in [0.05, 0.1) is 45.6 Å². The SMILES string of the molecule is CCCCC(=O)NC[C@H]1[C@@H](O)[C@H]([n+]2cn(C)c3c(=O)[nH]c(N)nc32)O[C@@H]1COP(=O)(O)OP(=O)(O)OP(=O)(O)OC[C@H]1O[C@@H](n2cnc3c(N)ncnc32)[C@H](OC)[C@@H]1P(=O)(O)OC[C@H]1O[C@@H](n2cnc3c(=O)[nH]c(N)nc32)[C@H](O)[C@@H]1O. The van der Waals surface area contributed by atoms with Gasteiger partial charge in [-0.2, -0.15) is 13.6 Å². The van der Waals surface area contributed by atoms with Gasteiger partial charge in [0.15, 0.2) is 41.4 Å². The number of anilines is 3. The van der Waals surface area contributed by atoms with Crippen LogP contribution in [0.1, 0.15) is 44.9 Å². The van der Waals surface area contributed by atoms with E-state index in [0.717, 1.165) is 30.7 Å². The van der Waals surface area contributed by atoms with Crippen molar-refractivity contribution in [2.24, 2.45) is 13.0 Å². The Labute approximate surface area is 452 Å². The van der Waals surface area contributed by atoms with E-state index in [0.29, 0.717) is 12.8 Å². The first-order chi connectivity index (χ1) is 38.1. The summed E-state index contributed by atoms with van der Waals surface area (Å²) in [6, 6.07) is 0. The number of aryl methyl sites for hydroxylation is 1. The Morgan fingerprint density at radius 1 is 0.765 bits per heavy atom. The van der Waals surface area contributed by atoms with Crippen molar-refractivity contribution in [1.82, 2.24) is 58.9 Å². The molecule has 0 radical (unpaired) electrons. The highest BCUT2D eigenvalue weighted by molar-refractivity contribution is 7.66. The van der Waals surface area contributed by atoms with E-state index in [1.54, 1.807) is 0 Å². The van der Waals surface area contributed by atoms with Crippen LogP contribution in [0, 0.1) is 5.92 Å². The van der Waals surface area contributed by atoms with Gasteiger partial charge in [0, 0.05) is 26.0 Å². The van der Waals surface area contributed by atoms with Crippen LogP contribution < -0.4 is 38.2 Å². The molecule has 3 aliphatic rings. The Kier molecular flexibility index (Phi) is 17.2. The van der Waals surface area contributed by atoms with Gasteiger partial charge in [0.1, 0.15) is 54.1 Å². The Hall–Kier alpha value is -5.60. The molecule has 0 bridgehead atoms. The summed E-state index contributed by atoms with van der Waals surface area (Å²) >= 11 is 0. The first kappa shape index (κ1) is 60.0. The third kappa shape index (κ3) is 12.4. The van der Waals surface area contributed by atoms with Crippen molar-refractivity contribution in [3.05, 3.63) is 46.0 Å². The van der Waals surface area contributed by atoms with E-state index in [2.05, 4.69) is 53.8 Å². The van der Waals surface area contributed by atoms with Crippen molar-refractivity contribution in [3.8, 4) is 0 Å². The summed E-state index contributed by atoms with van der Waals surface area (Å²) in [5.74, 6) is -2.29. The average molecular weight is 1230 g/mol. The second-order valence-corrected chi connectivity index (χ2v) is 25.2. The molecule has 0 aromatic carbocycles. The number of phosphoric ester groups is 2. The number of nitrogens with one attached hydrogen (secondary N) is 3. The molecule has 16 atom stereocenters. The number of unbranched alkanes of at least 4 members (excludes halogenated alkanes) is 1. The number of hydrogen-bond acceptors (Lipinski definition) is 28. The molecule has 9 rings (SSSR count). The standard InChI is InChI=1S/C38H54N16O23P4/c1-4-5-6-19(55)42-7-15-16(73-34(23(15)56)54-14-51(2)22-31(54)48-38(41)50-33(22)60)8-71-79(63,64)76-81(67,68)77-80(65,66)72-10-18-27(26(69-3)36(75-18)52-12-45-20-28(39)43-11-44-29(20)52)78(61,62)70-9-17-24(57)25(58)35(74-17)53-13-46-21-30(53)47-37(40)49-32(21)59/h11-18,23-27,34-36,56-58H,4-10H2,1-3H3,(H12-,39,40,41,42,43,44,47,48,49,50,55,59,60,61,62,63,64,65,66,67,68)/p+1/t15-,16-,17-,18-,23-,24-,25-,26-,27-,34-,35-,36-/m1/s1. The Bertz CT molecular complexity index is 3660. The first-order valence-electron chi connectivity index (χ1n) is 24.0. The van der Waals surface area contributed by atoms with E-state index in [1.165, 1.54) is 27.1 Å². The molecule has 16 N–H and O–H groups in total. The van der Waals surface area contributed by atoms with Gasteiger partial charge in [-0.05, 0) is 6.42 Å². The topological polar surface area (TPSA) is 562 Å². The summed E-state index contributed by atoms with van der Waals surface area (Å²) in [6.07, 6.45) is -10.3. The van der Waals surface area contributed by atoms with Gasteiger partial charge in [0.2, 0.25) is 23.6 Å². The maximum atomic E-state index is 14.5. The lowest BCUT2D eigenvalue weighted by Crippen LogP contribution is -2.46. The van der Waals surface area contributed by atoms with E-state index >= 15 is 0 Å². The number of carbonyl (C=O) groups excluding carboxylic acids is 1. The number of aromatic nitrogens is 12. The number of aromatic amines is 2. The predicted octanol–water partition coefficient (Wildman–Crippen LogP) is -3.08. The fourth-order valence-corrected chi connectivity index (χ4v) is 14.8. The number of nitrogen functional groups attached to an aromatic ring is 3. The molecule has 39 nitrogen and oxygen atoms in total. The van der Waals surface area contributed by atoms with Crippen LogP contribution in [-0.4, -0.2) is 176 Å². The lowest BCUT2D eigenvalue weighted by atomic mass is 9.98. The van der Waals surface area contributed by atoms with Crippen LogP contribution in [0.25, 0.3) is 33.5 Å². The molecule has 3 fully saturated rings. The number of aliphatic hydroxyl groups is 3. The summed E-state index contributed by atoms with van der Waals surface area (Å²) in [4.78, 5) is 110. The van der Waals surface area contributed by atoms with Gasteiger partial charge in [-0.25, -0.2) is 38.2 Å². The molecule has 0 saturated carbocycles. The van der Waals surface area contributed by atoms with Gasteiger partial charge < -0.3 is 80.9 Å². The number of amides is 1. The molecule has 3 saturated heterocycles. The van der Waals surface area contributed by atoms with E-state index in [-0.39, 0.29) is 64.2 Å². The van der Waals surface area contributed by atoms with Gasteiger partial charge in [-0.15, -0.1) is 0 Å². The normalized spacial score (nSPS) is 29.0. The molecule has 0 spiro atoms. The molecular formula is C38H55N16O23P4+. The molecule has 0 aliphatic carbocycles. The highest BCUT2D eigenvalue weighted by atomic mass is 31.3. The molecule has 3 aliphatic heterocycles. The number of fused-ring (bicyclic) bond motifs is 3. The summed E-state index contributed by atoms with van der Waals surface area (Å²) in [7, 11) is -20.9. The molecule has 1 amide bonds. The molecule has 6 aromatic heterocycles. The van der Waals surface area contributed by atoms with Crippen LogP contribution in [0.2, 0.25) is 0 Å². The zero-order valence-electron chi connectivity index (χ0n) is 42.3. The zero-order chi connectivity index (χ0) is 58.7. The number of nitrogens with two attached hydrogens (primary N) is 3. The number of ether oxygens (including phenoxy) is 4. The number of carbonyl (C=O) groups is 1. The van der Waals surface area contributed by atoms with E-state index in [4.69, 9.17) is 49.7 Å². The number of nitrogens with zero attached hydrogens (tertiary/aromatic N) is 10. The Morgan fingerprint density at radius 3 is 2.06 bits per heavy atom. The minimum absolute atomic E-state index is 0.00397. The number of aliphatic hydroxyl groups excluding tert-OH is 3. The average Bonchev–Trinajstić information content (AvgIpc) is 4.46. The van der Waals surface area contributed by atoms with Gasteiger partial charge in [-0.1, -0.05) is 18.3 Å². The van der Waals surface area contributed by atoms with Crippen LogP contribution in [0.5, 0.6) is 0 Å². The number of H-pyrrole nitrogens is 2. The number of hydrogen-bond donors (Lipinski definition) is 13. The minimum Gasteiger partial charge on any atom is -0.387 e. The lowest BCUT2D eigenvalue weighted by Gasteiger charge is -2.28. The quantitative estimate of drug-likeness (QED) is 0.0223. The van der Waals surface area contributed by atoms with Crippen molar-refractivity contribution in [2.75, 3.05) is 50.7 Å². The van der Waals surface area contributed by atoms with Crippen LogP contribution in [0.3, 0.4) is 0 Å². The fraction of sp³-hybridized carbons (Fsp3) is 0.579. The van der Waals surface area contributed by atoms with Gasteiger partial charge in [0.25, 0.3) is 17.1 Å². The maximum Gasteiger partial charge on any atom is 0.490 e. The summed E-state index contributed by atoms with van der Waals surface area (Å²) < 4.78 is 107. The molecule has 9 heterocycles. The van der Waals surface area contributed by atoms with E-state index in [9.17, 15) is 67.5 Å². The third-order valence-corrected chi connectivity index (χ3v) is 19.4. The predicted molar refractivity (Wildman–Crippen MR) is 268 cm³/mol. The zero-order valence-corrected chi connectivity index (χ0v) is 45.9. The minimum atomic E-state index is -6.25. The number of methoxy groups -OCH3 is 1. The van der Waals surface area contributed by atoms with Crippen molar-refractivity contribution < 1.29 is 104 Å². The molecule has 444 valence electrons. The van der Waals surface area contributed by atoms with Crippen LogP contribution in [-0.2, 0) is 71.2 Å². The largest absolute Gasteiger partial charge is 0.490 e. The molecule has 43 heteroatoms. The molecule has 6 aromatic rings. The molecular weight excluding hydrogens is 1170 g/mol. The number of rotatable bonds is 23. The summed E-state index contributed by atoms with van der Waals surface area (Å²) in [5, 5.41) is 36.2. The van der Waals surface area contributed by atoms with Crippen molar-refractivity contribution in [1.29, 1.82) is 0 Å². The van der Waals surface area contributed by atoms with E-state index < -0.39 is 141 Å². The molecule has 4 unspecified atom stereocenters. The molecule has 81 heavy (non-hydrogen) atoms. The second kappa shape index (κ2) is 23.2. The third-order valence-electron chi connectivity index (χ3n) is 13.2. The van der Waals surface area contributed by atoms with Gasteiger partial charge >= 0.3 is 36.7 Å². The Balaban J connectivity index is 0.893. The lowest BCUT2D eigenvalue weighted by molar-refractivity contribution is -0.745. The van der Waals surface area contributed by atoms with Gasteiger partial charge in [-0.3, -0.25) is 51.7 Å². The smallest absolute Gasteiger partial charge is 0.387 e. The van der Waals surface area contributed by atoms with Crippen LogP contribution >= 0.6 is 31.1 Å². The van der Waals surface area contributed by atoms with Crippen LogP contribution in [0.4, 0.5) is 17.7 Å². The summed E-state index contributed by atoms with van der Waals surface area (Å²) in [6.45, 7) is -1.77. The van der Waals surface area contributed by atoms with Crippen molar-refractivity contribution in [3.63, 3.8) is 0 Å². The van der Waals surface area contributed by atoms with Crippen molar-refractivity contribution in [2.45, 2.75) is 93.3 Å². The fourth-order valence-electron chi connectivity index (χ4n) is 9.49. The Morgan fingerprint density at radius 2 is 1.38 bits per heavy atom. The second-order valence-electron chi connectivity index (χ2n) is 18.6. The van der Waals surface area contributed by atoms with E-state index in [1.807, 2.05) is 6.92 Å². The number of phosphoric acid groups is 3. The highest BCUT2D eigenvalue weighted by Gasteiger charge is 2.58. The van der Waals surface area contributed by atoms with Crippen molar-refractivity contribution >= 4 is 88.2 Å². The van der Waals surface area contributed by atoms with Crippen LogP contribution in [0.15, 0.2) is 34.9 Å².